The van der Waals surface area contributed by atoms with Crippen molar-refractivity contribution in [3.63, 3.8) is 0 Å². The molecular weight excluding hydrogens is 279 g/mol. The van der Waals surface area contributed by atoms with Crippen molar-refractivity contribution in [1.82, 2.24) is 0 Å². The molecule has 2 aromatic rings. The van der Waals surface area contributed by atoms with E-state index in [0.717, 1.165) is 12.1 Å². The van der Waals surface area contributed by atoms with Gasteiger partial charge in [0.25, 0.3) is 5.69 Å². The molecule has 0 heterocycles. The molecule has 0 aromatic heterocycles. The summed E-state index contributed by atoms with van der Waals surface area (Å²) in [6.07, 6.45) is 0. The van der Waals surface area contributed by atoms with Crippen LogP contribution in [0.1, 0.15) is 15.9 Å². The van der Waals surface area contributed by atoms with Gasteiger partial charge >= 0.3 is 5.97 Å². The lowest BCUT2D eigenvalue weighted by molar-refractivity contribution is -0.384. The van der Waals surface area contributed by atoms with E-state index in [-0.39, 0.29) is 5.69 Å². The number of benzene rings is 2. The van der Waals surface area contributed by atoms with Gasteiger partial charge in [0.2, 0.25) is 0 Å². The first-order valence-corrected chi connectivity index (χ1v) is 5.93. The summed E-state index contributed by atoms with van der Waals surface area (Å²) in [6.45, 7) is 1.70. The van der Waals surface area contributed by atoms with E-state index in [1.165, 1.54) is 18.2 Å². The molecule has 0 radical (unpaired) electrons. The molecule has 6 nitrogen and oxygen atoms in total. The summed E-state index contributed by atoms with van der Waals surface area (Å²) >= 11 is 0. The number of hydrogen-bond donors (Lipinski definition) is 2. The minimum atomic E-state index is -1.36. The number of anilines is 2. The maximum absolute atomic E-state index is 13.6. The van der Waals surface area contributed by atoms with Crippen molar-refractivity contribution in [2.24, 2.45) is 0 Å². The van der Waals surface area contributed by atoms with E-state index in [4.69, 9.17) is 5.11 Å². The second kappa shape index (κ2) is 5.58. The van der Waals surface area contributed by atoms with Crippen LogP contribution in [0.25, 0.3) is 0 Å². The first-order chi connectivity index (χ1) is 9.86. The number of rotatable bonds is 4. The van der Waals surface area contributed by atoms with Crippen LogP contribution in [0.2, 0.25) is 0 Å². The fourth-order valence-electron chi connectivity index (χ4n) is 1.87. The molecule has 21 heavy (non-hydrogen) atoms. The van der Waals surface area contributed by atoms with Crippen LogP contribution in [0, 0.1) is 22.9 Å². The number of nitrogens with one attached hydrogen (secondary N) is 1. The van der Waals surface area contributed by atoms with E-state index in [1.54, 1.807) is 13.0 Å². The molecule has 7 heteroatoms. The molecule has 0 amide bonds. The SMILES string of the molecule is Cc1cc(Nc2ccc(C(=O)O)c(F)c2)cc([N+](=O)[O-])c1. The number of hydrogen-bond acceptors (Lipinski definition) is 4. The number of carboxylic acid groups (broad SMARTS) is 1. The Hall–Kier alpha value is -2.96. The summed E-state index contributed by atoms with van der Waals surface area (Å²) in [7, 11) is 0. The predicted molar refractivity (Wildman–Crippen MR) is 74.5 cm³/mol. The molecule has 0 saturated carbocycles. The highest BCUT2D eigenvalue weighted by atomic mass is 19.1. The van der Waals surface area contributed by atoms with Gasteiger partial charge in [-0.05, 0) is 36.8 Å². The second-order valence-corrected chi connectivity index (χ2v) is 4.44. The number of non-ortho nitro benzene ring substituents is 1. The summed E-state index contributed by atoms with van der Waals surface area (Å²) in [5, 5.41) is 22.3. The van der Waals surface area contributed by atoms with E-state index in [2.05, 4.69) is 5.32 Å². The third kappa shape index (κ3) is 3.33. The fraction of sp³-hybridized carbons (Fsp3) is 0.0714. The molecule has 2 N–H and O–H groups in total. The molecule has 2 rings (SSSR count). The topological polar surface area (TPSA) is 92.5 Å². The molecule has 0 atom stereocenters. The number of carboxylic acids is 1. The number of aryl methyl sites for hydroxylation is 1. The Kier molecular flexibility index (Phi) is 3.84. The summed E-state index contributed by atoms with van der Waals surface area (Å²) in [4.78, 5) is 21.0. The van der Waals surface area contributed by atoms with Crippen molar-refractivity contribution in [2.45, 2.75) is 6.92 Å². The van der Waals surface area contributed by atoms with E-state index < -0.39 is 22.3 Å². The molecule has 0 bridgehead atoms. The van der Waals surface area contributed by atoms with E-state index >= 15 is 0 Å². The maximum atomic E-state index is 13.6. The standard InChI is InChI=1S/C14H11FN2O4/c1-8-4-10(6-11(5-8)17(20)21)16-9-2-3-12(14(18)19)13(15)7-9/h2-7,16H,1H3,(H,18,19). The van der Waals surface area contributed by atoms with Crippen molar-refractivity contribution in [3.8, 4) is 0 Å². The zero-order valence-electron chi connectivity index (χ0n) is 11.0. The molecule has 108 valence electrons. The summed E-state index contributed by atoms with van der Waals surface area (Å²) in [5.74, 6) is -2.24. The Labute approximate surface area is 119 Å². The molecule has 2 aromatic carbocycles. The Morgan fingerprint density at radius 2 is 1.95 bits per heavy atom. The van der Waals surface area contributed by atoms with Crippen molar-refractivity contribution in [3.05, 3.63) is 63.5 Å². The minimum absolute atomic E-state index is 0.0832. The van der Waals surface area contributed by atoms with Crippen molar-refractivity contribution < 1.29 is 19.2 Å². The Morgan fingerprint density at radius 1 is 1.24 bits per heavy atom. The van der Waals surface area contributed by atoms with Crippen LogP contribution in [-0.4, -0.2) is 16.0 Å². The Morgan fingerprint density at radius 3 is 2.52 bits per heavy atom. The van der Waals surface area contributed by atoms with Gasteiger partial charge in [-0.25, -0.2) is 9.18 Å². The average molecular weight is 290 g/mol. The molecule has 0 fully saturated rings. The number of aromatic carboxylic acids is 1. The van der Waals surface area contributed by atoms with Gasteiger partial charge < -0.3 is 10.4 Å². The molecule has 0 saturated heterocycles. The van der Waals surface area contributed by atoms with Gasteiger partial charge in [0.1, 0.15) is 5.82 Å². The molecule has 0 aliphatic heterocycles. The molecule has 0 aliphatic rings. The summed E-state index contributed by atoms with van der Waals surface area (Å²) in [5.41, 5.74) is 0.881. The zero-order chi connectivity index (χ0) is 15.6. The smallest absolute Gasteiger partial charge is 0.338 e. The number of nitro groups is 1. The van der Waals surface area contributed by atoms with Gasteiger partial charge in [-0.15, -0.1) is 0 Å². The fourth-order valence-corrected chi connectivity index (χ4v) is 1.87. The molecule has 0 aliphatic carbocycles. The van der Waals surface area contributed by atoms with Gasteiger partial charge in [-0.3, -0.25) is 10.1 Å². The average Bonchev–Trinajstić information content (AvgIpc) is 2.37. The summed E-state index contributed by atoms with van der Waals surface area (Å²) in [6, 6.07) is 7.94. The van der Waals surface area contributed by atoms with Gasteiger partial charge in [0.15, 0.2) is 0 Å². The van der Waals surface area contributed by atoms with Crippen LogP contribution in [0.15, 0.2) is 36.4 Å². The highest BCUT2D eigenvalue weighted by molar-refractivity contribution is 5.88. The van der Waals surface area contributed by atoms with E-state index in [1.807, 2.05) is 0 Å². The van der Waals surface area contributed by atoms with Gasteiger partial charge in [0.05, 0.1) is 10.5 Å². The van der Waals surface area contributed by atoms with Gasteiger partial charge in [-0.2, -0.15) is 0 Å². The highest BCUT2D eigenvalue weighted by Crippen LogP contribution is 2.24. The Bertz CT molecular complexity index is 731. The molecule has 0 unspecified atom stereocenters. The number of carbonyl (C=O) groups is 1. The quantitative estimate of drug-likeness (QED) is 0.664. The highest BCUT2D eigenvalue weighted by Gasteiger charge is 2.12. The Balaban J connectivity index is 2.32. The van der Waals surface area contributed by atoms with Crippen LogP contribution in [0.5, 0.6) is 0 Å². The predicted octanol–water partition coefficient (Wildman–Crippen LogP) is 3.48. The lowest BCUT2D eigenvalue weighted by Crippen LogP contribution is -2.01. The van der Waals surface area contributed by atoms with Crippen molar-refractivity contribution in [2.75, 3.05) is 5.32 Å². The third-order valence-corrected chi connectivity index (χ3v) is 2.76. The molecular formula is C14H11FN2O4. The first-order valence-electron chi connectivity index (χ1n) is 5.93. The van der Waals surface area contributed by atoms with Crippen molar-refractivity contribution in [1.29, 1.82) is 0 Å². The monoisotopic (exact) mass is 290 g/mol. The van der Waals surface area contributed by atoms with E-state index in [9.17, 15) is 19.3 Å². The largest absolute Gasteiger partial charge is 0.478 e. The number of nitrogens with zero attached hydrogens (tertiary/aromatic N) is 1. The van der Waals surface area contributed by atoms with Crippen LogP contribution < -0.4 is 5.32 Å². The maximum Gasteiger partial charge on any atom is 0.338 e. The summed E-state index contributed by atoms with van der Waals surface area (Å²) < 4.78 is 13.6. The normalized spacial score (nSPS) is 10.2. The van der Waals surface area contributed by atoms with Crippen LogP contribution in [-0.2, 0) is 0 Å². The minimum Gasteiger partial charge on any atom is -0.478 e. The third-order valence-electron chi connectivity index (χ3n) is 2.76. The number of nitro benzene ring substituents is 1. The van der Waals surface area contributed by atoms with E-state index in [0.29, 0.717) is 16.9 Å². The molecule has 0 spiro atoms. The van der Waals surface area contributed by atoms with Crippen molar-refractivity contribution >= 4 is 23.0 Å². The van der Waals surface area contributed by atoms with Crippen LogP contribution in [0.4, 0.5) is 21.5 Å². The van der Waals surface area contributed by atoms with Crippen LogP contribution in [0.3, 0.4) is 0 Å². The second-order valence-electron chi connectivity index (χ2n) is 4.44. The number of halogens is 1. The van der Waals surface area contributed by atoms with Crippen LogP contribution >= 0.6 is 0 Å². The zero-order valence-corrected chi connectivity index (χ0v) is 11.0. The van der Waals surface area contributed by atoms with Gasteiger partial charge in [0, 0.05) is 23.5 Å². The lowest BCUT2D eigenvalue weighted by Gasteiger charge is -2.08. The van der Waals surface area contributed by atoms with Gasteiger partial charge in [-0.1, -0.05) is 0 Å². The first kappa shape index (κ1) is 14.4. The lowest BCUT2D eigenvalue weighted by atomic mass is 10.1.